The number of nitrogens with zero attached hydrogens (tertiary/aromatic N) is 1. The molecule has 0 saturated carbocycles. The number of anilines is 1. The summed E-state index contributed by atoms with van der Waals surface area (Å²) >= 11 is 0. The maximum Gasteiger partial charge on any atom is 0.339 e. The maximum absolute atomic E-state index is 11.4. The molecule has 0 aliphatic heterocycles. The van der Waals surface area contributed by atoms with Crippen LogP contribution in [0.2, 0.25) is 0 Å². The summed E-state index contributed by atoms with van der Waals surface area (Å²) in [6.07, 6.45) is 3.59. The van der Waals surface area contributed by atoms with Gasteiger partial charge in [-0.25, -0.2) is 4.79 Å². The monoisotopic (exact) mass is 272 g/mol. The average Bonchev–Trinajstić information content (AvgIpc) is 2.47. The lowest BCUT2D eigenvalue weighted by atomic mass is 10.0. The van der Waals surface area contributed by atoms with E-state index in [1.807, 2.05) is 24.3 Å². The molecular formula is C16H20N2O2. The molecule has 20 heavy (non-hydrogen) atoms. The van der Waals surface area contributed by atoms with Crippen LogP contribution in [-0.2, 0) is 0 Å². The van der Waals surface area contributed by atoms with Crippen LogP contribution in [0, 0.1) is 5.92 Å². The molecule has 2 N–H and O–H groups in total. The summed E-state index contributed by atoms with van der Waals surface area (Å²) in [6.45, 7) is 5.08. The minimum Gasteiger partial charge on any atom is -0.478 e. The second-order valence-electron chi connectivity index (χ2n) is 4.93. The molecule has 1 heterocycles. The summed E-state index contributed by atoms with van der Waals surface area (Å²) in [7, 11) is 0. The quantitative estimate of drug-likeness (QED) is 0.840. The third-order valence-electron chi connectivity index (χ3n) is 3.73. The second kappa shape index (κ2) is 6.37. The molecular weight excluding hydrogens is 252 g/mol. The van der Waals surface area contributed by atoms with Gasteiger partial charge in [-0.05, 0) is 12.0 Å². The number of benzene rings is 1. The van der Waals surface area contributed by atoms with Gasteiger partial charge < -0.3 is 10.4 Å². The van der Waals surface area contributed by atoms with Crippen molar-refractivity contribution in [2.24, 2.45) is 5.92 Å². The van der Waals surface area contributed by atoms with E-state index in [0.29, 0.717) is 11.6 Å². The summed E-state index contributed by atoms with van der Waals surface area (Å²) in [4.78, 5) is 15.6. The van der Waals surface area contributed by atoms with E-state index in [0.717, 1.165) is 30.3 Å². The Bertz CT molecular complexity index is 606. The van der Waals surface area contributed by atoms with Crippen LogP contribution >= 0.6 is 0 Å². The van der Waals surface area contributed by atoms with Gasteiger partial charge in [0, 0.05) is 18.1 Å². The van der Waals surface area contributed by atoms with Crippen LogP contribution in [0.15, 0.2) is 30.5 Å². The Hall–Kier alpha value is -2.10. The van der Waals surface area contributed by atoms with Crippen LogP contribution in [0.5, 0.6) is 0 Å². The number of fused-ring (bicyclic) bond motifs is 1. The van der Waals surface area contributed by atoms with Gasteiger partial charge in [0.15, 0.2) is 0 Å². The Kier molecular flexibility index (Phi) is 4.56. The average molecular weight is 272 g/mol. The van der Waals surface area contributed by atoms with Crippen molar-refractivity contribution in [3.8, 4) is 0 Å². The van der Waals surface area contributed by atoms with E-state index in [-0.39, 0.29) is 5.56 Å². The zero-order chi connectivity index (χ0) is 14.5. The molecule has 2 aromatic rings. The number of carbonyl (C=O) groups is 1. The van der Waals surface area contributed by atoms with E-state index in [1.54, 1.807) is 0 Å². The molecule has 0 bridgehead atoms. The number of aromatic nitrogens is 1. The highest BCUT2D eigenvalue weighted by Crippen LogP contribution is 2.26. The van der Waals surface area contributed by atoms with Crippen LogP contribution in [-0.4, -0.2) is 22.6 Å². The largest absolute Gasteiger partial charge is 0.478 e. The molecule has 0 atom stereocenters. The summed E-state index contributed by atoms with van der Waals surface area (Å²) in [6, 6.07) is 7.60. The van der Waals surface area contributed by atoms with Gasteiger partial charge in [-0.3, -0.25) is 4.98 Å². The number of pyridine rings is 1. The third kappa shape index (κ3) is 2.90. The van der Waals surface area contributed by atoms with Gasteiger partial charge >= 0.3 is 5.97 Å². The molecule has 0 aliphatic rings. The maximum atomic E-state index is 11.4. The highest BCUT2D eigenvalue weighted by molar-refractivity contribution is 6.04. The van der Waals surface area contributed by atoms with Crippen molar-refractivity contribution in [1.29, 1.82) is 0 Å². The van der Waals surface area contributed by atoms with E-state index < -0.39 is 5.97 Å². The van der Waals surface area contributed by atoms with Crippen LogP contribution in [0.1, 0.15) is 37.0 Å². The molecule has 1 aromatic carbocycles. The van der Waals surface area contributed by atoms with Crippen molar-refractivity contribution in [2.45, 2.75) is 26.7 Å². The Morgan fingerprint density at radius 3 is 2.65 bits per heavy atom. The normalized spacial score (nSPS) is 10.9. The predicted molar refractivity (Wildman–Crippen MR) is 81.3 cm³/mol. The lowest BCUT2D eigenvalue weighted by Crippen LogP contribution is -2.15. The highest BCUT2D eigenvalue weighted by atomic mass is 16.4. The first-order chi connectivity index (χ1) is 9.67. The number of para-hydroxylation sites is 1. The summed E-state index contributed by atoms with van der Waals surface area (Å²) in [5, 5.41) is 13.5. The minimum absolute atomic E-state index is 0.231. The SMILES string of the molecule is CCC(CC)CNc1c(C(=O)O)cnc2ccccc12. The summed E-state index contributed by atoms with van der Waals surface area (Å²) in [5.41, 5.74) is 1.72. The molecule has 4 heteroatoms. The van der Waals surface area contributed by atoms with Gasteiger partial charge in [0.25, 0.3) is 0 Å². The fourth-order valence-corrected chi connectivity index (χ4v) is 2.32. The van der Waals surface area contributed by atoms with E-state index in [4.69, 9.17) is 0 Å². The van der Waals surface area contributed by atoms with Crippen LogP contribution < -0.4 is 5.32 Å². The van der Waals surface area contributed by atoms with Gasteiger partial charge in [-0.2, -0.15) is 0 Å². The lowest BCUT2D eigenvalue weighted by molar-refractivity contribution is 0.0697. The van der Waals surface area contributed by atoms with Crippen LogP contribution in [0.25, 0.3) is 10.9 Å². The minimum atomic E-state index is -0.949. The fourth-order valence-electron chi connectivity index (χ4n) is 2.32. The van der Waals surface area contributed by atoms with Gasteiger partial charge in [-0.1, -0.05) is 44.9 Å². The van der Waals surface area contributed by atoms with Gasteiger partial charge in [0.2, 0.25) is 0 Å². The van der Waals surface area contributed by atoms with Crippen molar-refractivity contribution in [3.05, 3.63) is 36.0 Å². The second-order valence-corrected chi connectivity index (χ2v) is 4.93. The molecule has 0 spiro atoms. The molecule has 1 aromatic heterocycles. The number of hydrogen-bond donors (Lipinski definition) is 2. The number of rotatable bonds is 6. The number of aromatic carboxylic acids is 1. The highest BCUT2D eigenvalue weighted by Gasteiger charge is 2.15. The van der Waals surface area contributed by atoms with Crippen molar-refractivity contribution < 1.29 is 9.90 Å². The number of hydrogen-bond acceptors (Lipinski definition) is 3. The van der Waals surface area contributed by atoms with E-state index in [1.165, 1.54) is 6.20 Å². The molecule has 0 aliphatic carbocycles. The summed E-state index contributed by atoms with van der Waals surface area (Å²) < 4.78 is 0. The van der Waals surface area contributed by atoms with Crippen molar-refractivity contribution in [1.82, 2.24) is 4.98 Å². The molecule has 106 valence electrons. The van der Waals surface area contributed by atoms with E-state index >= 15 is 0 Å². The molecule has 2 rings (SSSR count). The number of carboxylic acids is 1. The molecule has 0 saturated heterocycles. The molecule has 0 fully saturated rings. The Labute approximate surface area is 118 Å². The summed E-state index contributed by atoms with van der Waals surface area (Å²) in [5.74, 6) is -0.404. The van der Waals surface area contributed by atoms with Gasteiger partial charge in [0.1, 0.15) is 5.56 Å². The van der Waals surface area contributed by atoms with E-state index in [9.17, 15) is 9.90 Å². The molecule has 0 radical (unpaired) electrons. The van der Waals surface area contributed by atoms with Crippen molar-refractivity contribution in [2.75, 3.05) is 11.9 Å². The zero-order valence-electron chi connectivity index (χ0n) is 11.9. The standard InChI is InChI=1S/C16H20N2O2/c1-3-11(4-2)9-18-15-12-7-5-6-8-14(12)17-10-13(15)16(19)20/h5-8,10-11H,3-4,9H2,1-2H3,(H,17,18)(H,19,20). The smallest absolute Gasteiger partial charge is 0.339 e. The van der Waals surface area contributed by atoms with Gasteiger partial charge in [0.05, 0.1) is 11.2 Å². The van der Waals surface area contributed by atoms with Crippen molar-refractivity contribution >= 4 is 22.6 Å². The topological polar surface area (TPSA) is 62.2 Å². The number of nitrogens with one attached hydrogen (secondary N) is 1. The first kappa shape index (κ1) is 14.3. The first-order valence-electron chi connectivity index (χ1n) is 7.02. The van der Waals surface area contributed by atoms with Crippen LogP contribution in [0.4, 0.5) is 5.69 Å². The lowest BCUT2D eigenvalue weighted by Gasteiger charge is -2.17. The van der Waals surface area contributed by atoms with E-state index in [2.05, 4.69) is 24.1 Å². The molecule has 0 unspecified atom stereocenters. The fraction of sp³-hybridized carbons (Fsp3) is 0.375. The zero-order valence-corrected chi connectivity index (χ0v) is 11.9. The van der Waals surface area contributed by atoms with Gasteiger partial charge in [-0.15, -0.1) is 0 Å². The molecule has 0 amide bonds. The first-order valence-corrected chi connectivity index (χ1v) is 7.02. The Balaban J connectivity index is 2.42. The molecule has 4 nitrogen and oxygen atoms in total. The van der Waals surface area contributed by atoms with Crippen molar-refractivity contribution in [3.63, 3.8) is 0 Å². The Morgan fingerprint density at radius 1 is 1.30 bits per heavy atom. The number of carboxylic acid groups (broad SMARTS) is 1. The third-order valence-corrected chi connectivity index (χ3v) is 3.73. The Morgan fingerprint density at radius 2 is 2.00 bits per heavy atom. The predicted octanol–water partition coefficient (Wildman–Crippen LogP) is 3.78. The van der Waals surface area contributed by atoms with Crippen LogP contribution in [0.3, 0.4) is 0 Å².